The summed E-state index contributed by atoms with van der Waals surface area (Å²) in [7, 11) is 1.35. The first kappa shape index (κ1) is 26.2. The predicted octanol–water partition coefficient (Wildman–Crippen LogP) is 4.31. The van der Waals surface area contributed by atoms with Crippen LogP contribution in [0.3, 0.4) is 0 Å². The molecule has 0 saturated carbocycles. The lowest BCUT2D eigenvalue weighted by Crippen LogP contribution is -2.24. The van der Waals surface area contributed by atoms with E-state index in [-0.39, 0.29) is 17.6 Å². The van der Waals surface area contributed by atoms with E-state index in [0.29, 0.717) is 11.1 Å². The maximum Gasteiger partial charge on any atom is 0.321 e. The van der Waals surface area contributed by atoms with Gasteiger partial charge in [0.1, 0.15) is 5.92 Å². The summed E-state index contributed by atoms with van der Waals surface area (Å²) >= 11 is 0. The molecular weight excluding hydrogens is 500 g/mol. The molecule has 0 unspecified atom stereocenters. The zero-order valence-electron chi connectivity index (χ0n) is 24.6. The summed E-state index contributed by atoms with van der Waals surface area (Å²) in [5, 5.41) is 5.76. The summed E-state index contributed by atoms with van der Waals surface area (Å²) in [5.74, 6) is -1.48. The molecule has 3 atom stereocenters. The van der Waals surface area contributed by atoms with Gasteiger partial charge in [-0.3, -0.25) is 9.59 Å². The summed E-state index contributed by atoms with van der Waals surface area (Å²) in [6.45, 7) is 15.0. The minimum Gasteiger partial charge on any atom is -0.468 e. The van der Waals surface area contributed by atoms with E-state index in [1.807, 2.05) is 6.92 Å². The molecule has 3 aliphatic rings. The van der Waals surface area contributed by atoms with Crippen molar-refractivity contribution in [3.63, 3.8) is 0 Å². The zero-order chi connectivity index (χ0) is 28.6. The number of carbonyl (C=O) groups excluding carboxylic acids is 2. The molecular formula is C33H38N4O3. The van der Waals surface area contributed by atoms with Crippen molar-refractivity contribution >= 4 is 35.6 Å². The summed E-state index contributed by atoms with van der Waals surface area (Å²) in [6, 6.07) is 0. The standard InChI is InChI=1S/C33H38N4O3/c1-9-19-16(5)22-11-21-14(3)15(4)30(36-21)28-29(33(39)40-8)32(38)27-18(7)24(37-31(27)28)13-26-20(10-2)17(6)23(35-26)12-25(19)34-22/h11-15,29,34-37H,9-10H2,1-8H3/b21-11-,23-12-,26-13-,30-28-/t14-,15-,29+/m0/s1. The molecule has 1 aliphatic carbocycles. The molecule has 6 rings (SSSR count). The van der Waals surface area contributed by atoms with Gasteiger partial charge < -0.3 is 25.0 Å². The number of aromatic nitrogens is 3. The zero-order valence-corrected chi connectivity index (χ0v) is 24.6. The van der Waals surface area contributed by atoms with E-state index in [9.17, 15) is 9.59 Å². The van der Waals surface area contributed by atoms with Crippen molar-refractivity contribution in [1.29, 1.82) is 0 Å². The molecule has 208 valence electrons. The minimum absolute atomic E-state index is 0.0747. The van der Waals surface area contributed by atoms with Crippen LogP contribution in [0.5, 0.6) is 0 Å². The van der Waals surface area contributed by atoms with Crippen molar-refractivity contribution in [2.45, 2.75) is 61.3 Å². The Morgan fingerprint density at radius 2 is 1.50 bits per heavy atom. The fraction of sp³-hybridized carbons (Fsp3) is 0.394. The van der Waals surface area contributed by atoms with Crippen molar-refractivity contribution in [1.82, 2.24) is 20.3 Å². The third-order valence-electron chi connectivity index (χ3n) is 9.54. The maximum atomic E-state index is 13.9. The molecule has 40 heavy (non-hydrogen) atoms. The van der Waals surface area contributed by atoms with Gasteiger partial charge in [-0.2, -0.15) is 0 Å². The first-order valence-corrected chi connectivity index (χ1v) is 14.3. The van der Waals surface area contributed by atoms with E-state index in [4.69, 9.17) is 4.74 Å². The van der Waals surface area contributed by atoms with Crippen molar-refractivity contribution in [3.05, 3.63) is 78.2 Å². The number of rotatable bonds is 3. The molecule has 0 aromatic carbocycles. The lowest BCUT2D eigenvalue weighted by molar-refractivity contribution is -0.141. The first-order valence-electron chi connectivity index (χ1n) is 14.3. The molecule has 1 saturated heterocycles. The van der Waals surface area contributed by atoms with Gasteiger partial charge in [-0.05, 0) is 79.7 Å². The van der Waals surface area contributed by atoms with Crippen molar-refractivity contribution in [3.8, 4) is 0 Å². The van der Waals surface area contributed by atoms with Crippen LogP contribution in [0.15, 0.2) is 11.4 Å². The van der Waals surface area contributed by atoms with Gasteiger partial charge in [-0.25, -0.2) is 0 Å². The lowest BCUT2D eigenvalue weighted by Gasteiger charge is -2.16. The van der Waals surface area contributed by atoms with Crippen LogP contribution in [0.1, 0.15) is 88.6 Å². The molecule has 4 N–H and O–H groups in total. The van der Waals surface area contributed by atoms with Crippen molar-refractivity contribution < 1.29 is 14.3 Å². The van der Waals surface area contributed by atoms with Crippen molar-refractivity contribution in [2.24, 2.45) is 17.8 Å². The number of hydrogen-bond donors (Lipinski definition) is 4. The van der Waals surface area contributed by atoms with Crippen LogP contribution in [0.2, 0.25) is 0 Å². The number of nitrogens with one attached hydrogen (secondary N) is 4. The Balaban J connectivity index is 1.74. The van der Waals surface area contributed by atoms with Gasteiger partial charge in [-0.1, -0.05) is 27.7 Å². The van der Waals surface area contributed by atoms with Crippen molar-refractivity contribution in [2.75, 3.05) is 7.11 Å². The number of allylic oxidation sites excluding steroid dienone is 2. The fourth-order valence-corrected chi connectivity index (χ4v) is 6.95. The highest BCUT2D eigenvalue weighted by Gasteiger charge is 2.47. The predicted molar refractivity (Wildman–Crippen MR) is 158 cm³/mol. The highest BCUT2D eigenvalue weighted by molar-refractivity contribution is 6.24. The van der Waals surface area contributed by atoms with Gasteiger partial charge in [-0.15, -0.1) is 0 Å². The second-order valence-corrected chi connectivity index (χ2v) is 11.5. The Hall–Kier alpha value is -4.00. The van der Waals surface area contributed by atoms with Crippen LogP contribution in [-0.4, -0.2) is 33.8 Å². The Morgan fingerprint density at radius 3 is 2.17 bits per heavy atom. The number of esters is 1. The number of H-pyrrole nitrogens is 3. The van der Waals surface area contributed by atoms with Crippen LogP contribution < -0.4 is 16.0 Å². The second kappa shape index (κ2) is 9.29. The molecule has 0 amide bonds. The topological polar surface area (TPSA) is 103 Å². The minimum atomic E-state index is -0.986. The Kier molecular flexibility index (Phi) is 6.09. The van der Waals surface area contributed by atoms with E-state index >= 15 is 0 Å². The van der Waals surface area contributed by atoms with Gasteiger partial charge in [0.05, 0.1) is 12.8 Å². The summed E-state index contributed by atoms with van der Waals surface area (Å²) < 4.78 is 5.16. The molecule has 0 radical (unpaired) electrons. The summed E-state index contributed by atoms with van der Waals surface area (Å²) in [4.78, 5) is 37.8. The molecule has 0 spiro atoms. The monoisotopic (exact) mass is 538 g/mol. The molecule has 7 nitrogen and oxygen atoms in total. The normalized spacial score (nSPS) is 26.1. The second-order valence-electron chi connectivity index (χ2n) is 11.5. The number of ketones is 1. The smallest absolute Gasteiger partial charge is 0.321 e. The number of hydrogen-bond acceptors (Lipinski definition) is 4. The van der Waals surface area contributed by atoms with Gasteiger partial charge >= 0.3 is 5.97 Å². The molecule has 5 heterocycles. The van der Waals surface area contributed by atoms with E-state index in [1.165, 1.54) is 29.4 Å². The largest absolute Gasteiger partial charge is 0.468 e. The van der Waals surface area contributed by atoms with Crippen LogP contribution in [0, 0.1) is 38.5 Å². The third kappa shape index (κ3) is 3.56. The van der Waals surface area contributed by atoms with E-state index < -0.39 is 11.9 Å². The number of ether oxygens (including phenoxy) is 1. The molecule has 7 heteroatoms. The van der Waals surface area contributed by atoms with Crippen LogP contribution in [0.25, 0.3) is 23.8 Å². The Labute approximate surface area is 234 Å². The third-order valence-corrected chi connectivity index (χ3v) is 9.54. The number of aromatic amines is 3. The van der Waals surface area contributed by atoms with Gasteiger partial charge in [0, 0.05) is 62.1 Å². The molecule has 1 fully saturated rings. The lowest BCUT2D eigenvalue weighted by atomic mass is 9.89. The van der Waals surface area contributed by atoms with Crippen LogP contribution in [-0.2, 0) is 22.4 Å². The van der Waals surface area contributed by atoms with E-state index in [2.05, 4.69) is 80.0 Å². The van der Waals surface area contributed by atoms with Gasteiger partial charge in [0.15, 0.2) is 5.78 Å². The van der Waals surface area contributed by atoms with Gasteiger partial charge in [0.25, 0.3) is 0 Å². The quantitative estimate of drug-likeness (QED) is 0.295. The average Bonchev–Trinajstić information content (AvgIpc) is 3.66. The number of carbonyl (C=O) groups is 2. The SMILES string of the molecule is CCc1c2[nH]c(c1C)/C=C1\N/C(=C3\c4[nH]c(c(C)c4C(=O)[C@@H]3C(=O)OC)/C=c3\[nH]/c(c(C)c3CC)=C\2)[C@@H](C)[C@@H]1C. The molecule has 2 aliphatic heterocycles. The number of fused-ring (bicyclic) bond motifs is 7. The van der Waals surface area contributed by atoms with E-state index in [0.717, 1.165) is 63.3 Å². The average molecular weight is 539 g/mol. The highest BCUT2D eigenvalue weighted by atomic mass is 16.5. The highest BCUT2D eigenvalue weighted by Crippen LogP contribution is 2.47. The first-order chi connectivity index (χ1) is 19.1. The molecule has 3 aromatic rings. The van der Waals surface area contributed by atoms with Gasteiger partial charge in [0.2, 0.25) is 0 Å². The molecule has 8 bridgehead atoms. The Bertz CT molecular complexity index is 1790. The van der Waals surface area contributed by atoms with Crippen LogP contribution >= 0.6 is 0 Å². The summed E-state index contributed by atoms with van der Waals surface area (Å²) in [5.41, 5.74) is 12.9. The maximum absolute atomic E-state index is 13.9. The van der Waals surface area contributed by atoms with Crippen LogP contribution in [0.4, 0.5) is 0 Å². The number of methoxy groups -OCH3 is 1. The van der Waals surface area contributed by atoms with E-state index in [1.54, 1.807) is 0 Å². The number of Topliss-reactive ketones (excluding diaryl/α,β-unsaturated/α-hetero) is 1. The molecule has 3 aromatic heterocycles. The summed E-state index contributed by atoms with van der Waals surface area (Å²) in [6.07, 6.45) is 8.33. The fourth-order valence-electron chi connectivity index (χ4n) is 6.95. The Morgan fingerprint density at radius 1 is 0.825 bits per heavy atom.